The number of carbonyl (C=O) groups excluding carboxylic acids is 1. The van der Waals surface area contributed by atoms with Gasteiger partial charge in [0, 0.05) is 22.8 Å². The molecule has 0 bridgehead atoms. The standard InChI is InChI=1S/C17H16ClNO3/c1-17(11-5-10(8-19-9-11)16(21)22-2)7-14(17)13-4-3-12(20)6-15(13)18/h3-6,8-9,14,20H,7H2,1-2H3. The van der Waals surface area contributed by atoms with Crippen LogP contribution in [0.1, 0.15) is 40.7 Å². The van der Waals surface area contributed by atoms with E-state index in [4.69, 9.17) is 16.3 Å². The zero-order valence-corrected chi connectivity index (χ0v) is 13.1. The second-order valence-corrected chi connectivity index (χ2v) is 6.24. The second-order valence-electron chi connectivity index (χ2n) is 5.83. The van der Waals surface area contributed by atoms with Gasteiger partial charge in [-0.2, -0.15) is 0 Å². The number of benzene rings is 1. The number of rotatable bonds is 3. The highest BCUT2D eigenvalue weighted by atomic mass is 35.5. The normalized spacial score (nSPS) is 23.1. The summed E-state index contributed by atoms with van der Waals surface area (Å²) in [5.41, 5.74) is 2.33. The van der Waals surface area contributed by atoms with Gasteiger partial charge in [-0.15, -0.1) is 0 Å². The summed E-state index contributed by atoms with van der Waals surface area (Å²) in [5.74, 6) is 0.0126. The van der Waals surface area contributed by atoms with Crippen LogP contribution in [0.15, 0.2) is 36.7 Å². The molecule has 0 aliphatic heterocycles. The fourth-order valence-electron chi connectivity index (χ4n) is 2.92. The minimum Gasteiger partial charge on any atom is -0.508 e. The van der Waals surface area contributed by atoms with Gasteiger partial charge in [0.15, 0.2) is 0 Å². The van der Waals surface area contributed by atoms with Gasteiger partial charge in [-0.3, -0.25) is 4.98 Å². The van der Waals surface area contributed by atoms with E-state index in [1.165, 1.54) is 13.3 Å². The third-order valence-corrected chi connectivity index (χ3v) is 4.74. The van der Waals surface area contributed by atoms with E-state index in [2.05, 4.69) is 11.9 Å². The molecule has 5 heteroatoms. The molecule has 1 fully saturated rings. The minimum atomic E-state index is -0.391. The monoisotopic (exact) mass is 317 g/mol. The van der Waals surface area contributed by atoms with E-state index in [0.29, 0.717) is 10.6 Å². The number of esters is 1. The van der Waals surface area contributed by atoms with E-state index in [-0.39, 0.29) is 17.1 Å². The largest absolute Gasteiger partial charge is 0.508 e. The van der Waals surface area contributed by atoms with E-state index in [1.807, 2.05) is 12.1 Å². The van der Waals surface area contributed by atoms with Gasteiger partial charge in [0.05, 0.1) is 12.7 Å². The Kier molecular flexibility index (Phi) is 3.57. The Labute approximate surface area is 133 Å². The number of aromatic hydroxyl groups is 1. The van der Waals surface area contributed by atoms with Crippen LogP contribution in [-0.4, -0.2) is 23.2 Å². The van der Waals surface area contributed by atoms with Crippen molar-refractivity contribution in [3.05, 3.63) is 58.4 Å². The maximum Gasteiger partial charge on any atom is 0.339 e. The van der Waals surface area contributed by atoms with Crippen molar-refractivity contribution in [3.63, 3.8) is 0 Å². The van der Waals surface area contributed by atoms with E-state index in [0.717, 1.165) is 17.5 Å². The lowest BCUT2D eigenvalue weighted by Crippen LogP contribution is -2.08. The number of carbonyl (C=O) groups is 1. The van der Waals surface area contributed by atoms with Crippen LogP contribution in [0.3, 0.4) is 0 Å². The lowest BCUT2D eigenvalue weighted by molar-refractivity contribution is 0.0600. The van der Waals surface area contributed by atoms with Crippen molar-refractivity contribution in [2.45, 2.75) is 24.7 Å². The lowest BCUT2D eigenvalue weighted by Gasteiger charge is -2.13. The first kappa shape index (κ1) is 14.9. The zero-order valence-electron chi connectivity index (χ0n) is 12.3. The molecule has 114 valence electrons. The number of phenols is 1. The second kappa shape index (κ2) is 5.29. The molecule has 0 spiro atoms. The summed E-state index contributed by atoms with van der Waals surface area (Å²) < 4.78 is 4.74. The third-order valence-electron chi connectivity index (χ3n) is 4.42. The van der Waals surface area contributed by atoms with Crippen molar-refractivity contribution >= 4 is 17.6 Å². The Morgan fingerprint density at radius 1 is 1.41 bits per heavy atom. The van der Waals surface area contributed by atoms with Crippen LogP contribution in [0.25, 0.3) is 0 Å². The highest BCUT2D eigenvalue weighted by Crippen LogP contribution is 2.61. The SMILES string of the molecule is COC(=O)c1cncc(C2(C)CC2c2ccc(O)cc2Cl)c1. The van der Waals surface area contributed by atoms with Crippen molar-refractivity contribution in [2.24, 2.45) is 0 Å². The van der Waals surface area contributed by atoms with Crippen LogP contribution >= 0.6 is 11.6 Å². The Bertz CT molecular complexity index is 746. The molecule has 0 saturated heterocycles. The Balaban J connectivity index is 1.92. The predicted octanol–water partition coefficient (Wildman–Crippen LogP) is 3.67. The molecule has 1 aliphatic rings. The predicted molar refractivity (Wildman–Crippen MR) is 83.4 cm³/mol. The highest BCUT2D eigenvalue weighted by molar-refractivity contribution is 6.31. The van der Waals surface area contributed by atoms with Gasteiger partial charge in [0.2, 0.25) is 0 Å². The first-order valence-electron chi connectivity index (χ1n) is 6.98. The fourth-order valence-corrected chi connectivity index (χ4v) is 3.22. The quantitative estimate of drug-likeness (QED) is 0.877. The molecule has 1 aromatic carbocycles. The molecular formula is C17H16ClNO3. The van der Waals surface area contributed by atoms with Gasteiger partial charge >= 0.3 is 5.97 Å². The maximum atomic E-state index is 11.6. The topological polar surface area (TPSA) is 59.4 Å². The van der Waals surface area contributed by atoms with E-state index >= 15 is 0 Å². The third kappa shape index (κ3) is 2.44. The van der Waals surface area contributed by atoms with Crippen LogP contribution in [0.2, 0.25) is 5.02 Å². The molecule has 4 nitrogen and oxygen atoms in total. The first-order valence-corrected chi connectivity index (χ1v) is 7.36. The molecule has 22 heavy (non-hydrogen) atoms. The van der Waals surface area contributed by atoms with Crippen molar-refractivity contribution in [3.8, 4) is 5.75 Å². The minimum absolute atomic E-state index is 0.113. The molecule has 2 aromatic rings. The number of nitrogens with zero attached hydrogens (tertiary/aromatic N) is 1. The van der Waals surface area contributed by atoms with E-state index in [9.17, 15) is 9.90 Å². The van der Waals surface area contributed by atoms with Gasteiger partial charge in [0.25, 0.3) is 0 Å². The number of pyridine rings is 1. The van der Waals surface area contributed by atoms with Gasteiger partial charge in [0.1, 0.15) is 5.75 Å². The van der Waals surface area contributed by atoms with Crippen LogP contribution < -0.4 is 0 Å². The number of halogens is 1. The van der Waals surface area contributed by atoms with Gasteiger partial charge < -0.3 is 9.84 Å². The molecule has 3 rings (SSSR count). The smallest absolute Gasteiger partial charge is 0.339 e. The average molecular weight is 318 g/mol. The maximum absolute atomic E-state index is 11.6. The van der Waals surface area contributed by atoms with Crippen LogP contribution in [-0.2, 0) is 10.2 Å². The Hall–Kier alpha value is -2.07. The molecule has 0 amide bonds. The molecule has 2 atom stereocenters. The lowest BCUT2D eigenvalue weighted by atomic mass is 9.93. The van der Waals surface area contributed by atoms with Gasteiger partial charge in [-0.1, -0.05) is 24.6 Å². The molecule has 1 aromatic heterocycles. The summed E-state index contributed by atoms with van der Waals surface area (Å²) in [7, 11) is 1.35. The van der Waals surface area contributed by atoms with Crippen molar-refractivity contribution in [1.82, 2.24) is 4.98 Å². The molecule has 1 aliphatic carbocycles. The molecule has 0 radical (unpaired) electrons. The number of hydrogen-bond acceptors (Lipinski definition) is 4. The Morgan fingerprint density at radius 2 is 2.18 bits per heavy atom. The highest BCUT2D eigenvalue weighted by Gasteiger charge is 2.53. The van der Waals surface area contributed by atoms with Crippen molar-refractivity contribution in [1.29, 1.82) is 0 Å². The van der Waals surface area contributed by atoms with Crippen molar-refractivity contribution < 1.29 is 14.6 Å². The number of ether oxygens (including phenoxy) is 1. The van der Waals surface area contributed by atoms with Crippen LogP contribution in [0.5, 0.6) is 5.75 Å². The summed E-state index contributed by atoms with van der Waals surface area (Å²) in [6, 6.07) is 6.88. The first-order chi connectivity index (χ1) is 10.5. The molecular weight excluding hydrogens is 302 g/mol. The van der Waals surface area contributed by atoms with Gasteiger partial charge in [-0.05, 0) is 41.7 Å². The molecule has 2 unspecified atom stereocenters. The average Bonchev–Trinajstić information content (AvgIpc) is 3.19. The summed E-state index contributed by atoms with van der Waals surface area (Å²) >= 11 is 6.23. The number of methoxy groups -OCH3 is 1. The number of hydrogen-bond donors (Lipinski definition) is 1. The molecule has 1 saturated carbocycles. The summed E-state index contributed by atoms with van der Waals surface area (Å²) in [5, 5.41) is 10.0. The fraction of sp³-hybridized carbons (Fsp3) is 0.294. The van der Waals surface area contributed by atoms with Crippen LogP contribution in [0.4, 0.5) is 0 Å². The Morgan fingerprint density at radius 3 is 2.86 bits per heavy atom. The number of aromatic nitrogens is 1. The summed E-state index contributed by atoms with van der Waals surface area (Å²) in [6.07, 6.45) is 4.20. The molecule has 1 N–H and O–H groups in total. The summed E-state index contributed by atoms with van der Waals surface area (Å²) in [4.78, 5) is 15.8. The van der Waals surface area contributed by atoms with Crippen molar-refractivity contribution in [2.75, 3.05) is 7.11 Å². The summed E-state index contributed by atoms with van der Waals surface area (Å²) in [6.45, 7) is 2.12. The van der Waals surface area contributed by atoms with E-state index < -0.39 is 5.97 Å². The van der Waals surface area contributed by atoms with E-state index in [1.54, 1.807) is 18.3 Å². The molecule has 1 heterocycles. The van der Waals surface area contributed by atoms with Gasteiger partial charge in [-0.25, -0.2) is 4.79 Å². The zero-order chi connectivity index (χ0) is 15.9. The van der Waals surface area contributed by atoms with Crippen LogP contribution in [0, 0.1) is 0 Å². The number of phenolic OH excluding ortho intramolecular Hbond substituents is 1.